The number of rotatable bonds is 12. The minimum absolute atomic E-state index is 0.222. The zero-order chi connectivity index (χ0) is 37.7. The molecule has 3 aliphatic heterocycles. The summed E-state index contributed by atoms with van der Waals surface area (Å²) in [5, 5.41) is 14.0. The Morgan fingerprint density at radius 2 is 1.58 bits per heavy atom. The number of hydrogen-bond acceptors (Lipinski definition) is 9. The predicted octanol–water partition coefficient (Wildman–Crippen LogP) is 6.61. The number of nitrogens with one attached hydrogen (secondary N) is 3. The number of amides is 3. The molecule has 2 fully saturated rings. The molecule has 0 radical (unpaired) electrons. The molecule has 0 saturated carbocycles. The fourth-order valence-electron chi connectivity index (χ4n) is 7.68. The fourth-order valence-corrected chi connectivity index (χ4v) is 7.68. The Kier molecular flexibility index (Phi) is 10.5. The molecular formula is C43H45N7O5. The zero-order valence-corrected chi connectivity index (χ0v) is 30.6. The van der Waals surface area contributed by atoms with Gasteiger partial charge in [-0.05, 0) is 129 Å². The number of aromatic nitrogens is 2. The predicted molar refractivity (Wildman–Crippen MR) is 211 cm³/mol. The van der Waals surface area contributed by atoms with E-state index in [1.165, 1.54) is 11.1 Å². The van der Waals surface area contributed by atoms with Crippen molar-refractivity contribution in [2.45, 2.75) is 57.0 Å². The molecule has 2 saturated heterocycles. The number of likely N-dealkylation sites (tertiary alicyclic amines) is 1. The molecule has 1 unspecified atom stereocenters. The normalized spacial score (nSPS) is 17.3. The van der Waals surface area contributed by atoms with Gasteiger partial charge in [0.15, 0.2) is 0 Å². The van der Waals surface area contributed by atoms with Crippen molar-refractivity contribution >= 4 is 34.9 Å². The van der Waals surface area contributed by atoms with E-state index in [1.54, 1.807) is 0 Å². The highest BCUT2D eigenvalue weighted by Gasteiger charge is 2.28. The molecule has 5 aromatic rings. The maximum Gasteiger partial charge on any atom is 0.254 e. The summed E-state index contributed by atoms with van der Waals surface area (Å²) in [6.07, 6.45) is 4.67. The van der Waals surface area contributed by atoms with Crippen molar-refractivity contribution in [3.63, 3.8) is 0 Å². The van der Waals surface area contributed by atoms with Crippen molar-refractivity contribution in [2.24, 2.45) is 5.73 Å². The van der Waals surface area contributed by atoms with E-state index >= 15 is 0 Å². The number of anilines is 3. The van der Waals surface area contributed by atoms with Crippen LogP contribution in [0.4, 0.5) is 17.2 Å². The van der Waals surface area contributed by atoms with Gasteiger partial charge in [-0.15, -0.1) is 0 Å². The fraction of sp³-hybridized carbons (Fsp3) is 0.302. The number of hydrogen-bond donors (Lipinski definition) is 4. The van der Waals surface area contributed by atoms with E-state index in [9.17, 15) is 14.4 Å². The number of piperidine rings is 2. The first-order chi connectivity index (χ1) is 26.9. The molecule has 12 nitrogen and oxygen atoms in total. The van der Waals surface area contributed by atoms with Crippen molar-refractivity contribution in [1.82, 2.24) is 20.0 Å². The largest absolute Gasteiger partial charge is 0.494 e. The number of ether oxygens (including phenoxy) is 2. The van der Waals surface area contributed by atoms with Gasteiger partial charge in [-0.3, -0.25) is 19.7 Å². The Morgan fingerprint density at radius 3 is 2.33 bits per heavy atom. The van der Waals surface area contributed by atoms with Crippen LogP contribution in [0.5, 0.6) is 17.2 Å². The first-order valence-electron chi connectivity index (χ1n) is 19.1. The van der Waals surface area contributed by atoms with Gasteiger partial charge < -0.3 is 30.7 Å². The summed E-state index contributed by atoms with van der Waals surface area (Å²) >= 11 is 0. The van der Waals surface area contributed by atoms with Gasteiger partial charge in [-0.2, -0.15) is 5.10 Å². The monoisotopic (exact) mass is 739 g/mol. The molecule has 4 heterocycles. The topological polar surface area (TPSA) is 153 Å². The first kappa shape index (κ1) is 35.9. The smallest absolute Gasteiger partial charge is 0.254 e. The standard InChI is InChI=1S/C43H45N7O5/c44-41(52)39-40(30-9-13-35(14-10-30)55-34-5-2-1-3-6-34)48-50-25-21-29-7-8-31(27-37(29)46-42(39)50)28-19-23-49(24-20-28)22-4-26-54-33-15-11-32(12-16-33)45-36-17-18-38(51)47-43(36)53/h1-3,5-16,27-28,36,45-46H,4,17-26H2,(H2,44,52)(H,47,51,53). The van der Waals surface area contributed by atoms with Gasteiger partial charge in [0.2, 0.25) is 11.8 Å². The molecular weight excluding hydrogens is 695 g/mol. The highest BCUT2D eigenvalue weighted by molar-refractivity contribution is 6.04. The summed E-state index contributed by atoms with van der Waals surface area (Å²) < 4.78 is 13.8. The lowest BCUT2D eigenvalue weighted by Gasteiger charge is -2.32. The van der Waals surface area contributed by atoms with Crippen LogP contribution in [0, 0.1) is 0 Å². The number of benzene rings is 4. The third kappa shape index (κ3) is 8.34. The Hall–Kier alpha value is -6.14. The highest BCUT2D eigenvalue weighted by atomic mass is 16.5. The van der Waals surface area contributed by atoms with E-state index in [4.69, 9.17) is 20.3 Å². The summed E-state index contributed by atoms with van der Waals surface area (Å²) in [4.78, 5) is 38.9. The molecule has 1 aromatic heterocycles. The van der Waals surface area contributed by atoms with Gasteiger partial charge in [-0.1, -0.05) is 30.3 Å². The molecule has 1 atom stereocenters. The summed E-state index contributed by atoms with van der Waals surface area (Å²) in [7, 11) is 0. The van der Waals surface area contributed by atoms with Gasteiger partial charge in [0, 0.05) is 36.4 Å². The van der Waals surface area contributed by atoms with E-state index in [0.717, 1.165) is 73.8 Å². The van der Waals surface area contributed by atoms with Crippen LogP contribution in [-0.4, -0.2) is 64.7 Å². The highest BCUT2D eigenvalue weighted by Crippen LogP contribution is 2.38. The molecule has 12 heteroatoms. The molecule has 8 rings (SSSR count). The van der Waals surface area contributed by atoms with Crippen molar-refractivity contribution in [3.8, 4) is 28.5 Å². The van der Waals surface area contributed by atoms with Crippen molar-refractivity contribution < 1.29 is 23.9 Å². The van der Waals surface area contributed by atoms with Crippen LogP contribution in [0.1, 0.15) is 59.5 Å². The van der Waals surface area contributed by atoms with Crippen molar-refractivity contribution in [3.05, 3.63) is 114 Å². The number of nitrogens with two attached hydrogens (primary N) is 1. The lowest BCUT2D eigenvalue weighted by molar-refractivity contribution is -0.133. The van der Waals surface area contributed by atoms with Gasteiger partial charge in [0.25, 0.3) is 5.91 Å². The van der Waals surface area contributed by atoms with E-state index in [1.807, 2.05) is 83.5 Å². The molecule has 5 N–H and O–H groups in total. The minimum atomic E-state index is -0.525. The van der Waals surface area contributed by atoms with Crippen LogP contribution in [0.15, 0.2) is 97.1 Å². The Morgan fingerprint density at radius 1 is 0.836 bits per heavy atom. The molecule has 55 heavy (non-hydrogen) atoms. The van der Waals surface area contributed by atoms with Crippen LogP contribution in [0.25, 0.3) is 11.3 Å². The average molecular weight is 740 g/mol. The van der Waals surface area contributed by atoms with Gasteiger partial charge in [0.05, 0.1) is 6.61 Å². The van der Waals surface area contributed by atoms with Crippen molar-refractivity contribution in [1.29, 1.82) is 0 Å². The Balaban J connectivity index is 0.839. The van der Waals surface area contributed by atoms with E-state index in [0.29, 0.717) is 54.7 Å². The number of para-hydroxylation sites is 1. The van der Waals surface area contributed by atoms with E-state index < -0.39 is 11.9 Å². The van der Waals surface area contributed by atoms with Gasteiger partial charge in [0.1, 0.15) is 40.4 Å². The number of nitrogens with zero attached hydrogens (tertiary/aromatic N) is 3. The molecule has 0 aliphatic carbocycles. The lowest BCUT2D eigenvalue weighted by atomic mass is 9.88. The third-order valence-corrected chi connectivity index (χ3v) is 10.7. The maximum atomic E-state index is 12.9. The van der Waals surface area contributed by atoms with Gasteiger partial charge in [-0.25, -0.2) is 4.68 Å². The van der Waals surface area contributed by atoms with Gasteiger partial charge >= 0.3 is 0 Å². The second-order valence-corrected chi connectivity index (χ2v) is 14.4. The van der Waals surface area contributed by atoms with Crippen LogP contribution >= 0.6 is 0 Å². The summed E-state index contributed by atoms with van der Waals surface area (Å²) in [6.45, 7) is 4.26. The molecule has 0 bridgehead atoms. The van der Waals surface area contributed by atoms with Crippen LogP contribution in [0.2, 0.25) is 0 Å². The van der Waals surface area contributed by atoms with E-state index in [-0.39, 0.29) is 11.8 Å². The number of fused-ring (bicyclic) bond motifs is 2. The van der Waals surface area contributed by atoms with Crippen LogP contribution in [0.3, 0.4) is 0 Å². The SMILES string of the molecule is NC(=O)c1c(-c2ccc(Oc3ccccc3)cc2)nn2c1Nc1cc(C3CCN(CCCOc4ccc(NC5CCC(=O)NC5=O)cc4)CC3)ccc1CC2. The molecule has 282 valence electrons. The molecule has 4 aromatic carbocycles. The number of carbonyl (C=O) groups excluding carboxylic acids is 3. The summed E-state index contributed by atoms with van der Waals surface area (Å²) in [6, 6.07) is 31.1. The number of carbonyl (C=O) groups is 3. The summed E-state index contributed by atoms with van der Waals surface area (Å²) in [5.74, 6) is 2.27. The van der Waals surface area contributed by atoms with Crippen LogP contribution in [-0.2, 0) is 22.6 Å². The first-order valence-corrected chi connectivity index (χ1v) is 19.1. The summed E-state index contributed by atoms with van der Waals surface area (Å²) in [5.41, 5.74) is 12.0. The van der Waals surface area contributed by atoms with Crippen LogP contribution < -0.4 is 31.2 Å². The van der Waals surface area contributed by atoms with E-state index in [2.05, 4.69) is 39.0 Å². The molecule has 0 spiro atoms. The molecule has 3 aliphatic rings. The average Bonchev–Trinajstić information content (AvgIpc) is 3.47. The Bertz CT molecular complexity index is 2160. The Labute approximate surface area is 320 Å². The number of imide groups is 1. The lowest BCUT2D eigenvalue weighted by Crippen LogP contribution is -2.47. The zero-order valence-electron chi connectivity index (χ0n) is 30.6. The maximum absolute atomic E-state index is 12.9. The third-order valence-electron chi connectivity index (χ3n) is 10.7. The number of primary amides is 1. The minimum Gasteiger partial charge on any atom is -0.494 e. The number of aryl methyl sites for hydroxylation is 2. The quantitative estimate of drug-likeness (QED) is 0.0819. The second-order valence-electron chi connectivity index (χ2n) is 14.4. The molecule has 3 amide bonds. The van der Waals surface area contributed by atoms with Crippen molar-refractivity contribution in [2.75, 3.05) is 36.9 Å². The second kappa shape index (κ2) is 16.1.